The first kappa shape index (κ1) is 8.99. The first-order valence-electron chi connectivity index (χ1n) is 3.67. The second-order valence-corrected chi connectivity index (χ2v) is 2.76. The van der Waals surface area contributed by atoms with Gasteiger partial charge in [-0.25, -0.2) is 9.78 Å². The normalized spacial score (nSPS) is 9.83. The molecule has 63 valence electrons. The number of aromatic amines is 1. The number of imidazole rings is 1. The van der Waals surface area contributed by atoms with Gasteiger partial charge in [0.1, 0.15) is 0 Å². The Morgan fingerprint density at radius 1 is 1.83 bits per heavy atom. The van der Waals surface area contributed by atoms with Crippen molar-refractivity contribution >= 4 is 21.5 Å². The summed E-state index contributed by atoms with van der Waals surface area (Å²) in [6, 6.07) is 0. The number of hydrogen-bond acceptors (Lipinski definition) is 3. The maximum absolute atomic E-state index is 11.1. The van der Waals surface area contributed by atoms with E-state index in [0.717, 1.165) is 6.42 Å². The van der Waals surface area contributed by atoms with Gasteiger partial charge in [0, 0.05) is 5.32 Å². The van der Waals surface area contributed by atoms with Crippen LogP contribution in [-0.4, -0.2) is 32.8 Å². The molecule has 0 fully saturated rings. The molecular weight excluding hydrogens is 172 g/mol. The van der Waals surface area contributed by atoms with Crippen molar-refractivity contribution in [1.29, 1.82) is 0 Å². The maximum atomic E-state index is 11.1. The Morgan fingerprint density at radius 3 is 3.08 bits per heavy atom. The lowest BCUT2D eigenvalue weighted by molar-refractivity contribution is 0.0500. The number of carbonyl (C=O) groups is 1. The molecule has 0 bridgehead atoms. The molecule has 0 atom stereocenters. The average Bonchev–Trinajstić information content (AvgIpc) is 2.47. The highest BCUT2D eigenvalue weighted by atomic mass is 28.1. The third-order valence-corrected chi connectivity index (χ3v) is 1.65. The van der Waals surface area contributed by atoms with Crippen LogP contribution in [0, 0.1) is 0 Å². The lowest BCUT2D eigenvalue weighted by Crippen LogP contribution is -2.18. The summed E-state index contributed by atoms with van der Waals surface area (Å²) in [5.41, 5.74) is 0.292. The predicted octanol–water partition coefficient (Wildman–Crippen LogP) is -0.230. The molecule has 1 aromatic rings. The van der Waals surface area contributed by atoms with E-state index in [-0.39, 0.29) is 0 Å². The van der Waals surface area contributed by atoms with Crippen LogP contribution in [0.3, 0.4) is 0 Å². The molecule has 1 rings (SSSR count). The molecule has 0 saturated heterocycles. The average molecular weight is 181 g/mol. The molecule has 1 N–H and O–H groups in total. The molecule has 0 aliphatic heterocycles. The van der Waals surface area contributed by atoms with Gasteiger partial charge in [0.2, 0.25) is 0 Å². The lowest BCUT2D eigenvalue weighted by Gasteiger charge is -1.99. The largest absolute Gasteiger partial charge is 0.461 e. The zero-order valence-electron chi connectivity index (χ0n) is 6.76. The smallest absolute Gasteiger partial charge is 0.358 e. The Hall–Kier alpha value is -1.10. The SMILES string of the molecule is CCCOC(=O)c1nc[nH]c1[Si]. The number of hydrogen-bond donors (Lipinski definition) is 1. The van der Waals surface area contributed by atoms with Crippen molar-refractivity contribution in [3.63, 3.8) is 0 Å². The standard InChI is InChI=1S/C7H9N2O2Si/c1-2-3-11-7(10)5-6(12)9-4-8-5/h4H,2-3H2,1H3,(H,8,9). The van der Waals surface area contributed by atoms with Gasteiger partial charge in [0.15, 0.2) is 5.69 Å². The predicted molar refractivity (Wildman–Crippen MR) is 44.5 cm³/mol. The third kappa shape index (κ3) is 1.94. The minimum absolute atomic E-state index is 0.292. The van der Waals surface area contributed by atoms with E-state index in [1.54, 1.807) is 0 Å². The van der Waals surface area contributed by atoms with Crippen LogP contribution in [0.1, 0.15) is 23.8 Å². The number of ether oxygens (including phenoxy) is 1. The number of nitrogens with one attached hydrogen (secondary N) is 1. The van der Waals surface area contributed by atoms with Crippen LogP contribution in [0.15, 0.2) is 6.33 Å². The van der Waals surface area contributed by atoms with Crippen LogP contribution in [-0.2, 0) is 4.74 Å². The molecule has 12 heavy (non-hydrogen) atoms. The highest BCUT2D eigenvalue weighted by Gasteiger charge is 2.11. The van der Waals surface area contributed by atoms with Crippen molar-refractivity contribution in [2.24, 2.45) is 0 Å². The van der Waals surface area contributed by atoms with E-state index in [4.69, 9.17) is 4.74 Å². The summed E-state index contributed by atoms with van der Waals surface area (Å²) in [5.74, 6) is -0.400. The van der Waals surface area contributed by atoms with E-state index in [0.29, 0.717) is 17.6 Å². The van der Waals surface area contributed by atoms with Crippen molar-refractivity contribution in [2.45, 2.75) is 13.3 Å². The lowest BCUT2D eigenvalue weighted by atomic mass is 10.5. The summed E-state index contributed by atoms with van der Waals surface area (Å²) in [5, 5.41) is 0.552. The summed E-state index contributed by atoms with van der Waals surface area (Å²) in [7, 11) is 3.19. The molecular formula is C7H9N2O2Si. The second kappa shape index (κ2) is 4.06. The summed E-state index contributed by atoms with van der Waals surface area (Å²) in [6.45, 7) is 2.36. The number of rotatable bonds is 3. The van der Waals surface area contributed by atoms with Gasteiger partial charge < -0.3 is 9.72 Å². The zero-order chi connectivity index (χ0) is 8.97. The minimum Gasteiger partial charge on any atom is -0.461 e. The van der Waals surface area contributed by atoms with Crippen molar-refractivity contribution in [1.82, 2.24) is 9.97 Å². The molecule has 1 aromatic heterocycles. The number of aromatic nitrogens is 2. The fourth-order valence-corrected chi connectivity index (χ4v) is 0.943. The summed E-state index contributed by atoms with van der Waals surface area (Å²) in [4.78, 5) is 17.7. The van der Waals surface area contributed by atoms with E-state index in [2.05, 4.69) is 20.2 Å². The Kier molecular flexibility index (Phi) is 3.04. The molecule has 0 saturated carbocycles. The molecule has 0 unspecified atom stereocenters. The maximum Gasteiger partial charge on any atom is 0.358 e. The van der Waals surface area contributed by atoms with Gasteiger partial charge in [0.05, 0.1) is 23.2 Å². The van der Waals surface area contributed by atoms with Crippen LogP contribution in [0.4, 0.5) is 0 Å². The van der Waals surface area contributed by atoms with Gasteiger partial charge in [0.25, 0.3) is 0 Å². The molecule has 0 aliphatic carbocycles. The first-order valence-corrected chi connectivity index (χ1v) is 4.17. The Balaban J connectivity index is 2.59. The van der Waals surface area contributed by atoms with Crippen LogP contribution in [0.25, 0.3) is 0 Å². The Labute approximate surface area is 73.8 Å². The van der Waals surface area contributed by atoms with Gasteiger partial charge in [-0.1, -0.05) is 6.92 Å². The summed E-state index contributed by atoms with van der Waals surface area (Å²) < 4.78 is 4.86. The Morgan fingerprint density at radius 2 is 2.58 bits per heavy atom. The van der Waals surface area contributed by atoms with E-state index < -0.39 is 5.97 Å². The first-order chi connectivity index (χ1) is 5.75. The van der Waals surface area contributed by atoms with Crippen molar-refractivity contribution in [3.05, 3.63) is 12.0 Å². The van der Waals surface area contributed by atoms with Gasteiger partial charge in [-0.15, -0.1) is 0 Å². The van der Waals surface area contributed by atoms with Crippen LogP contribution in [0.2, 0.25) is 0 Å². The molecule has 0 aliphatic rings. The molecule has 0 amide bonds. The molecule has 5 heteroatoms. The van der Waals surface area contributed by atoms with Crippen LogP contribution in [0.5, 0.6) is 0 Å². The second-order valence-electron chi connectivity index (χ2n) is 2.26. The monoisotopic (exact) mass is 181 g/mol. The van der Waals surface area contributed by atoms with Gasteiger partial charge in [-0.3, -0.25) is 0 Å². The van der Waals surface area contributed by atoms with Crippen LogP contribution < -0.4 is 5.32 Å². The van der Waals surface area contributed by atoms with Gasteiger partial charge in [-0.2, -0.15) is 0 Å². The molecule has 4 nitrogen and oxygen atoms in total. The number of nitrogens with zero attached hydrogens (tertiary/aromatic N) is 1. The summed E-state index contributed by atoms with van der Waals surface area (Å²) in [6.07, 6.45) is 2.25. The van der Waals surface area contributed by atoms with E-state index in [1.165, 1.54) is 6.33 Å². The van der Waals surface area contributed by atoms with Crippen molar-refractivity contribution in [3.8, 4) is 0 Å². The van der Waals surface area contributed by atoms with E-state index in [1.807, 2.05) is 6.92 Å². The molecule has 1 heterocycles. The molecule has 0 spiro atoms. The Bertz CT molecular complexity index is 272. The number of esters is 1. The fraction of sp³-hybridized carbons (Fsp3) is 0.429. The van der Waals surface area contributed by atoms with Gasteiger partial charge in [-0.05, 0) is 6.42 Å². The topological polar surface area (TPSA) is 55.0 Å². The van der Waals surface area contributed by atoms with E-state index >= 15 is 0 Å². The molecule has 0 aromatic carbocycles. The van der Waals surface area contributed by atoms with Gasteiger partial charge >= 0.3 is 5.97 Å². The highest BCUT2D eigenvalue weighted by Crippen LogP contribution is 1.92. The summed E-state index contributed by atoms with van der Waals surface area (Å²) >= 11 is 0. The minimum atomic E-state index is -0.400. The van der Waals surface area contributed by atoms with Crippen molar-refractivity contribution < 1.29 is 9.53 Å². The quantitative estimate of drug-likeness (QED) is 0.517. The third-order valence-electron chi connectivity index (χ3n) is 1.27. The molecule has 3 radical (unpaired) electrons. The van der Waals surface area contributed by atoms with Crippen molar-refractivity contribution in [2.75, 3.05) is 6.61 Å². The van der Waals surface area contributed by atoms with E-state index in [9.17, 15) is 4.79 Å². The number of carbonyl (C=O) groups excluding carboxylic acids is 1. The fourth-order valence-electron chi connectivity index (χ4n) is 0.712. The van der Waals surface area contributed by atoms with Crippen LogP contribution >= 0.6 is 0 Å². The highest BCUT2D eigenvalue weighted by molar-refractivity contribution is 6.34. The number of H-pyrrole nitrogens is 1. The zero-order valence-corrected chi connectivity index (χ0v) is 7.76.